The van der Waals surface area contributed by atoms with Gasteiger partial charge < -0.3 is 70.8 Å². The highest BCUT2D eigenvalue weighted by atomic mass is 32.1. The molecular formula is C28H51N13O10S2. The highest BCUT2D eigenvalue weighted by molar-refractivity contribution is 7.80. The van der Waals surface area contributed by atoms with Gasteiger partial charge in [0.05, 0.1) is 12.6 Å². The predicted octanol–water partition coefficient (Wildman–Crippen LogP) is -6.21. The van der Waals surface area contributed by atoms with Crippen LogP contribution in [0.2, 0.25) is 0 Å². The Hall–Kier alpha value is -5.04. The molecule has 0 bridgehead atoms. The maximum absolute atomic E-state index is 13.5. The number of carbonyl (C=O) groups is 8. The first kappa shape index (κ1) is 48.0. The van der Waals surface area contributed by atoms with Gasteiger partial charge in [-0.3, -0.25) is 43.5 Å². The lowest BCUT2D eigenvalue weighted by Gasteiger charge is -2.25. The normalized spacial score (nSPS) is 14.0. The van der Waals surface area contributed by atoms with Crippen LogP contribution >= 0.6 is 25.3 Å². The lowest BCUT2D eigenvalue weighted by atomic mass is 10.1. The minimum Gasteiger partial charge on any atom is -0.481 e. The Labute approximate surface area is 316 Å². The maximum atomic E-state index is 13.5. The molecule has 0 heterocycles. The van der Waals surface area contributed by atoms with Crippen LogP contribution in [0.5, 0.6) is 0 Å². The molecule has 0 aromatic rings. The SMILES string of the molecule is CC(NC(=O)C(N)CS)C(=O)NC(CCCN=C(N)N)C(=O)NC(CCCN=C(N)N)C(=O)NCC(=O)NC(CCC(=O)O)C(=O)NC(CS)C(=O)O. The molecule has 300 valence electrons. The molecular weight excluding hydrogens is 743 g/mol. The molecule has 0 aromatic carbocycles. The number of nitrogens with one attached hydrogen (secondary N) is 6. The van der Waals surface area contributed by atoms with E-state index in [0.29, 0.717) is 0 Å². The third-order valence-electron chi connectivity index (χ3n) is 6.96. The highest BCUT2D eigenvalue weighted by Gasteiger charge is 2.30. The first-order valence-electron chi connectivity index (χ1n) is 16.1. The van der Waals surface area contributed by atoms with E-state index in [0.717, 1.165) is 0 Å². The predicted molar refractivity (Wildman–Crippen MR) is 198 cm³/mol. The van der Waals surface area contributed by atoms with E-state index < -0.39 is 103 Å². The van der Waals surface area contributed by atoms with Gasteiger partial charge in [0.1, 0.15) is 30.2 Å². The number of carbonyl (C=O) groups excluding carboxylic acids is 6. The van der Waals surface area contributed by atoms with Crippen molar-refractivity contribution in [3.8, 4) is 0 Å². The number of thiol groups is 2. The van der Waals surface area contributed by atoms with Crippen molar-refractivity contribution in [1.82, 2.24) is 31.9 Å². The Bertz CT molecular complexity index is 1350. The van der Waals surface area contributed by atoms with Gasteiger partial charge in [0.15, 0.2) is 11.9 Å². The van der Waals surface area contributed by atoms with Crippen molar-refractivity contribution < 1.29 is 48.6 Å². The summed E-state index contributed by atoms with van der Waals surface area (Å²) in [5.74, 6) is -8.50. The molecule has 0 rings (SSSR count). The quantitative estimate of drug-likeness (QED) is 0.0168. The van der Waals surface area contributed by atoms with Gasteiger partial charge in [-0.2, -0.15) is 25.3 Å². The van der Waals surface area contributed by atoms with Crippen LogP contribution in [-0.4, -0.2) is 137 Å². The monoisotopic (exact) mass is 793 g/mol. The largest absolute Gasteiger partial charge is 0.481 e. The standard InChI is InChI=1S/C28H51N13O10S2/c1-13(37-22(46)14(29)11-52)21(45)39-16(5-3-9-35-28(32)33)24(48)40-15(4-2-8-34-27(30)31)23(47)36-10-19(42)38-17(6-7-20(43)44)25(49)41-18(12-53)26(50)51/h13-18,52-53H,2-12,29H2,1H3,(H,36,47)(H,37,46)(H,38,42)(H,39,45)(H,40,48)(H,41,49)(H,43,44)(H,50,51)(H4,30,31,34)(H4,32,33,35). The van der Waals surface area contributed by atoms with Gasteiger partial charge in [0.25, 0.3) is 0 Å². The van der Waals surface area contributed by atoms with Crippen molar-refractivity contribution in [2.75, 3.05) is 31.1 Å². The summed E-state index contributed by atoms with van der Waals surface area (Å²) in [5, 5.41) is 32.4. The lowest BCUT2D eigenvalue weighted by molar-refractivity contribution is -0.142. The summed E-state index contributed by atoms with van der Waals surface area (Å²) in [6, 6.07) is -7.65. The summed E-state index contributed by atoms with van der Waals surface area (Å²) in [7, 11) is 0. The van der Waals surface area contributed by atoms with E-state index in [2.05, 4.69) is 67.1 Å². The number of nitrogens with zero attached hydrogens (tertiary/aromatic N) is 2. The van der Waals surface area contributed by atoms with Crippen molar-refractivity contribution in [3.63, 3.8) is 0 Å². The zero-order chi connectivity index (χ0) is 40.7. The zero-order valence-electron chi connectivity index (χ0n) is 29.1. The number of hydrogen-bond donors (Lipinski definition) is 15. The van der Waals surface area contributed by atoms with E-state index in [1.165, 1.54) is 6.92 Å². The van der Waals surface area contributed by atoms with E-state index in [1.54, 1.807) is 0 Å². The molecule has 18 N–H and O–H groups in total. The summed E-state index contributed by atoms with van der Waals surface area (Å²) >= 11 is 7.80. The molecule has 0 saturated heterocycles. The smallest absolute Gasteiger partial charge is 0.327 e. The molecule has 6 atom stereocenters. The molecule has 0 aliphatic heterocycles. The third kappa shape index (κ3) is 21.2. The van der Waals surface area contributed by atoms with Crippen LogP contribution < -0.4 is 60.6 Å². The molecule has 6 unspecified atom stereocenters. The second-order valence-electron chi connectivity index (χ2n) is 11.4. The molecule has 0 aromatic heterocycles. The van der Waals surface area contributed by atoms with Gasteiger partial charge in [-0.1, -0.05) is 0 Å². The third-order valence-corrected chi connectivity index (χ3v) is 7.72. The number of aliphatic imine (C=N–C) groups is 2. The first-order chi connectivity index (χ1) is 24.8. The number of guanidine groups is 2. The zero-order valence-corrected chi connectivity index (χ0v) is 30.9. The van der Waals surface area contributed by atoms with Gasteiger partial charge in [-0.25, -0.2) is 4.79 Å². The second-order valence-corrected chi connectivity index (χ2v) is 12.1. The number of amides is 6. The molecule has 0 aliphatic carbocycles. The van der Waals surface area contributed by atoms with E-state index in [1.807, 2.05) is 0 Å². The molecule has 0 saturated carbocycles. The van der Waals surface area contributed by atoms with Crippen LogP contribution in [0.3, 0.4) is 0 Å². The van der Waals surface area contributed by atoms with Gasteiger partial charge in [-0.15, -0.1) is 0 Å². The lowest BCUT2D eigenvalue weighted by Crippen LogP contribution is -2.58. The number of hydrogen-bond acceptors (Lipinski definition) is 13. The van der Waals surface area contributed by atoms with E-state index in [-0.39, 0.29) is 62.2 Å². The molecule has 0 radical (unpaired) electrons. The van der Waals surface area contributed by atoms with Crippen molar-refractivity contribution in [3.05, 3.63) is 0 Å². The van der Waals surface area contributed by atoms with Gasteiger partial charge in [-0.05, 0) is 39.0 Å². The molecule has 0 aliphatic rings. The first-order valence-corrected chi connectivity index (χ1v) is 17.4. The van der Waals surface area contributed by atoms with Crippen LogP contribution in [0.25, 0.3) is 0 Å². The summed E-state index contributed by atoms with van der Waals surface area (Å²) in [5.41, 5.74) is 27.1. The maximum Gasteiger partial charge on any atom is 0.327 e. The number of aliphatic carboxylic acids is 2. The summed E-state index contributed by atoms with van der Waals surface area (Å²) in [6.07, 6.45) is -0.712. The van der Waals surface area contributed by atoms with Crippen molar-refractivity contribution in [2.45, 2.75) is 81.7 Å². The van der Waals surface area contributed by atoms with Gasteiger partial charge in [0.2, 0.25) is 35.4 Å². The van der Waals surface area contributed by atoms with E-state index in [4.69, 9.17) is 33.8 Å². The fraction of sp³-hybridized carbons (Fsp3) is 0.643. The van der Waals surface area contributed by atoms with Crippen LogP contribution in [0.15, 0.2) is 9.98 Å². The summed E-state index contributed by atoms with van der Waals surface area (Å²) in [6.45, 7) is 0.740. The molecule has 6 amide bonds. The molecule has 0 spiro atoms. The Balaban J connectivity index is 5.98. The van der Waals surface area contributed by atoms with Crippen LogP contribution in [-0.2, 0) is 38.4 Å². The van der Waals surface area contributed by atoms with Crippen molar-refractivity contribution >= 4 is 84.6 Å². The Kier molecular flexibility index (Phi) is 23.4. The number of carboxylic acid groups (broad SMARTS) is 2. The van der Waals surface area contributed by atoms with E-state index in [9.17, 15) is 43.5 Å². The number of nitrogens with two attached hydrogens (primary N) is 5. The molecule has 25 heteroatoms. The Morgan fingerprint density at radius 1 is 0.623 bits per heavy atom. The van der Waals surface area contributed by atoms with Crippen molar-refractivity contribution in [1.29, 1.82) is 0 Å². The molecule has 23 nitrogen and oxygen atoms in total. The van der Waals surface area contributed by atoms with E-state index >= 15 is 0 Å². The van der Waals surface area contributed by atoms with Crippen molar-refractivity contribution in [2.24, 2.45) is 38.7 Å². The minimum atomic E-state index is -1.49. The fourth-order valence-electron chi connectivity index (χ4n) is 4.11. The molecule has 0 fully saturated rings. The van der Waals surface area contributed by atoms with Gasteiger partial charge in [0, 0.05) is 31.0 Å². The Morgan fingerprint density at radius 2 is 1.09 bits per heavy atom. The van der Waals surface area contributed by atoms with Crippen LogP contribution in [0.4, 0.5) is 0 Å². The molecule has 53 heavy (non-hydrogen) atoms. The number of carboxylic acids is 2. The minimum absolute atomic E-state index is 0.00849. The number of rotatable bonds is 26. The highest BCUT2D eigenvalue weighted by Crippen LogP contribution is 2.05. The van der Waals surface area contributed by atoms with Crippen LogP contribution in [0, 0.1) is 0 Å². The average Bonchev–Trinajstić information content (AvgIpc) is 3.08. The second kappa shape index (κ2) is 25.8. The van der Waals surface area contributed by atoms with Gasteiger partial charge >= 0.3 is 11.9 Å². The Morgan fingerprint density at radius 3 is 1.55 bits per heavy atom. The summed E-state index contributed by atoms with van der Waals surface area (Å²) in [4.78, 5) is 107. The van der Waals surface area contributed by atoms with Crippen LogP contribution in [0.1, 0.15) is 45.4 Å². The average molecular weight is 794 g/mol. The topological polar surface area (TPSA) is 404 Å². The summed E-state index contributed by atoms with van der Waals surface area (Å²) < 4.78 is 0. The fourth-order valence-corrected chi connectivity index (χ4v) is 4.53.